The first kappa shape index (κ1) is 12.0. The van der Waals surface area contributed by atoms with Gasteiger partial charge in [-0.2, -0.15) is 0 Å². The number of β-amino-alcohol motifs (C(OH)–C–C–N with tert-alkyl or cyclic N) is 1. The summed E-state index contributed by atoms with van der Waals surface area (Å²) in [5.41, 5.74) is 0.109. The predicted octanol–water partition coefficient (Wildman–Crippen LogP) is 2.02. The molecular weight excluding hydrogens is 242 g/mol. The second-order valence-electron chi connectivity index (χ2n) is 7.36. The quantitative estimate of drug-likeness (QED) is 0.849. The van der Waals surface area contributed by atoms with Crippen molar-refractivity contribution in [3.63, 3.8) is 0 Å². The summed E-state index contributed by atoms with van der Waals surface area (Å²) < 4.78 is 4.96. The fourth-order valence-electron chi connectivity index (χ4n) is 5.58. The lowest BCUT2D eigenvalue weighted by atomic mass is 9.48. The van der Waals surface area contributed by atoms with Gasteiger partial charge in [-0.15, -0.1) is 0 Å². The summed E-state index contributed by atoms with van der Waals surface area (Å²) in [7, 11) is 0. The molecule has 0 radical (unpaired) electrons. The summed E-state index contributed by atoms with van der Waals surface area (Å²) in [5.74, 6) is 2.52. The molecule has 19 heavy (non-hydrogen) atoms. The van der Waals surface area contributed by atoms with Gasteiger partial charge in [-0.05, 0) is 61.7 Å². The number of aliphatic hydroxyl groups is 1. The van der Waals surface area contributed by atoms with Gasteiger partial charge in [0.05, 0.1) is 19.2 Å². The highest BCUT2D eigenvalue weighted by Gasteiger charge is 2.54. The van der Waals surface area contributed by atoms with Crippen molar-refractivity contribution in [2.45, 2.75) is 44.6 Å². The fraction of sp³-hybridized carbons (Fsp3) is 0.933. The van der Waals surface area contributed by atoms with E-state index in [2.05, 4.69) is 0 Å². The van der Waals surface area contributed by atoms with E-state index in [-0.39, 0.29) is 17.6 Å². The first-order chi connectivity index (χ1) is 9.14. The molecule has 1 aliphatic heterocycles. The molecule has 0 aromatic rings. The van der Waals surface area contributed by atoms with Crippen LogP contribution in [-0.2, 0) is 4.74 Å². The minimum Gasteiger partial charge on any atom is -0.448 e. The lowest BCUT2D eigenvalue weighted by molar-refractivity contribution is -0.123. The molecule has 4 bridgehead atoms. The van der Waals surface area contributed by atoms with Gasteiger partial charge in [0, 0.05) is 0 Å². The third-order valence-electron chi connectivity index (χ3n) is 6.03. The van der Waals surface area contributed by atoms with Crippen LogP contribution >= 0.6 is 0 Å². The van der Waals surface area contributed by atoms with Crippen LogP contribution in [-0.4, -0.2) is 41.9 Å². The molecule has 4 heteroatoms. The summed E-state index contributed by atoms with van der Waals surface area (Å²) in [5, 5.41) is 10.7. The molecule has 1 N–H and O–H groups in total. The molecule has 4 aliphatic carbocycles. The summed E-state index contributed by atoms with van der Waals surface area (Å²) in [6, 6.07) is 0. The maximum Gasteiger partial charge on any atom is 0.410 e. The average Bonchev–Trinajstić information content (AvgIpc) is 2.73. The van der Waals surface area contributed by atoms with Crippen LogP contribution in [0.4, 0.5) is 4.79 Å². The van der Waals surface area contributed by atoms with Gasteiger partial charge < -0.3 is 14.7 Å². The monoisotopic (exact) mass is 265 g/mol. The van der Waals surface area contributed by atoms with Crippen molar-refractivity contribution in [3.8, 4) is 0 Å². The van der Waals surface area contributed by atoms with E-state index in [4.69, 9.17) is 4.74 Å². The Labute approximate surface area is 114 Å². The third kappa shape index (κ3) is 1.87. The lowest BCUT2D eigenvalue weighted by Crippen LogP contribution is -2.54. The second kappa shape index (κ2) is 4.11. The molecule has 1 saturated heterocycles. The molecule has 1 heterocycles. The number of cyclic esters (lactones) is 1. The van der Waals surface area contributed by atoms with Crippen LogP contribution in [0.2, 0.25) is 0 Å². The van der Waals surface area contributed by atoms with E-state index in [9.17, 15) is 9.90 Å². The van der Waals surface area contributed by atoms with Gasteiger partial charge in [0.1, 0.15) is 6.61 Å². The second-order valence-corrected chi connectivity index (χ2v) is 7.36. The Kier molecular flexibility index (Phi) is 2.60. The van der Waals surface area contributed by atoms with Crippen LogP contribution in [0.1, 0.15) is 38.5 Å². The van der Waals surface area contributed by atoms with E-state index in [1.54, 1.807) is 4.90 Å². The number of carbonyl (C=O) groups is 1. The maximum absolute atomic E-state index is 11.5. The minimum absolute atomic E-state index is 0.109. The molecule has 0 aromatic heterocycles. The van der Waals surface area contributed by atoms with Crippen molar-refractivity contribution < 1.29 is 14.6 Å². The molecule has 5 rings (SSSR count). The van der Waals surface area contributed by atoms with E-state index < -0.39 is 0 Å². The highest BCUT2D eigenvalue weighted by Crippen LogP contribution is 2.61. The van der Waals surface area contributed by atoms with E-state index in [1.165, 1.54) is 38.5 Å². The number of carbonyl (C=O) groups excluding carboxylic acids is 1. The van der Waals surface area contributed by atoms with E-state index >= 15 is 0 Å². The number of amides is 1. The van der Waals surface area contributed by atoms with E-state index in [0.29, 0.717) is 19.7 Å². The predicted molar refractivity (Wildman–Crippen MR) is 69.5 cm³/mol. The summed E-state index contributed by atoms with van der Waals surface area (Å²) >= 11 is 0. The molecule has 1 atom stereocenters. The molecule has 4 nitrogen and oxygen atoms in total. The van der Waals surface area contributed by atoms with Crippen molar-refractivity contribution in [2.75, 3.05) is 19.7 Å². The number of ether oxygens (including phenoxy) is 1. The molecule has 0 aromatic carbocycles. The number of nitrogens with zero attached hydrogens (tertiary/aromatic N) is 1. The number of hydrogen-bond donors (Lipinski definition) is 1. The molecule has 4 saturated carbocycles. The largest absolute Gasteiger partial charge is 0.448 e. The van der Waals surface area contributed by atoms with Crippen LogP contribution in [0.25, 0.3) is 0 Å². The van der Waals surface area contributed by atoms with Crippen molar-refractivity contribution >= 4 is 6.09 Å². The normalized spacial score (nSPS) is 45.6. The zero-order chi connectivity index (χ0) is 13.0. The van der Waals surface area contributed by atoms with Gasteiger partial charge in [0.15, 0.2) is 0 Å². The molecular formula is C15H23NO3. The molecule has 5 fully saturated rings. The number of rotatable bonds is 3. The van der Waals surface area contributed by atoms with Gasteiger partial charge in [-0.3, -0.25) is 0 Å². The Balaban J connectivity index is 1.50. The first-order valence-electron chi connectivity index (χ1n) is 7.74. The van der Waals surface area contributed by atoms with Gasteiger partial charge >= 0.3 is 6.09 Å². The standard InChI is InChI=1S/C15H23NO3/c17-13(9-16-1-2-19-14(16)18)15-6-10-3-11(7-15)5-12(4-10)8-15/h10-13,17H,1-9H2. The molecule has 1 amide bonds. The smallest absolute Gasteiger partial charge is 0.410 e. The minimum atomic E-state index is -0.355. The fourth-order valence-corrected chi connectivity index (χ4v) is 5.58. The zero-order valence-corrected chi connectivity index (χ0v) is 11.4. The maximum atomic E-state index is 11.5. The topological polar surface area (TPSA) is 49.8 Å². The molecule has 0 spiro atoms. The Morgan fingerprint density at radius 3 is 2.26 bits per heavy atom. The van der Waals surface area contributed by atoms with Gasteiger partial charge in [-0.25, -0.2) is 4.79 Å². The first-order valence-corrected chi connectivity index (χ1v) is 7.74. The van der Waals surface area contributed by atoms with Crippen molar-refractivity contribution in [3.05, 3.63) is 0 Å². The van der Waals surface area contributed by atoms with Crippen LogP contribution in [0.3, 0.4) is 0 Å². The van der Waals surface area contributed by atoms with Crippen LogP contribution in [0.15, 0.2) is 0 Å². The molecule has 5 aliphatic rings. The Hall–Kier alpha value is -0.770. The van der Waals surface area contributed by atoms with Gasteiger partial charge in [0.25, 0.3) is 0 Å². The van der Waals surface area contributed by atoms with E-state index in [1.807, 2.05) is 0 Å². The van der Waals surface area contributed by atoms with Crippen LogP contribution in [0.5, 0.6) is 0 Å². The average molecular weight is 265 g/mol. The third-order valence-corrected chi connectivity index (χ3v) is 6.03. The lowest BCUT2D eigenvalue weighted by Gasteiger charge is -2.58. The summed E-state index contributed by atoms with van der Waals surface area (Å²) in [6.45, 7) is 1.60. The summed E-state index contributed by atoms with van der Waals surface area (Å²) in [6.07, 6.45) is 7.11. The Morgan fingerprint density at radius 1 is 1.21 bits per heavy atom. The van der Waals surface area contributed by atoms with Gasteiger partial charge in [-0.1, -0.05) is 0 Å². The molecule has 106 valence electrons. The summed E-state index contributed by atoms with van der Waals surface area (Å²) in [4.78, 5) is 13.2. The van der Waals surface area contributed by atoms with Crippen molar-refractivity contribution in [1.29, 1.82) is 0 Å². The van der Waals surface area contributed by atoms with Crippen LogP contribution in [0, 0.1) is 23.2 Å². The Bertz CT molecular complexity index is 360. The SMILES string of the molecule is O=C1OCCN1CC(O)C12CC3CC(CC(C3)C1)C2. The highest BCUT2D eigenvalue weighted by molar-refractivity contribution is 5.69. The molecule has 1 unspecified atom stereocenters. The highest BCUT2D eigenvalue weighted by atomic mass is 16.6. The Morgan fingerprint density at radius 2 is 1.79 bits per heavy atom. The zero-order valence-electron chi connectivity index (χ0n) is 11.4. The van der Waals surface area contributed by atoms with Crippen molar-refractivity contribution in [2.24, 2.45) is 23.2 Å². The van der Waals surface area contributed by atoms with E-state index in [0.717, 1.165) is 17.8 Å². The van der Waals surface area contributed by atoms with Crippen LogP contribution < -0.4 is 0 Å². The number of aliphatic hydroxyl groups excluding tert-OH is 1. The number of hydrogen-bond acceptors (Lipinski definition) is 3. The van der Waals surface area contributed by atoms with Gasteiger partial charge in [0.2, 0.25) is 0 Å². The van der Waals surface area contributed by atoms with Crippen molar-refractivity contribution in [1.82, 2.24) is 4.90 Å².